The van der Waals surface area contributed by atoms with Crippen molar-refractivity contribution in [2.24, 2.45) is 0 Å². The molecule has 0 radical (unpaired) electrons. The molecule has 1 aromatic carbocycles. The Kier molecular flexibility index (Phi) is 5.90. The zero-order valence-electron chi connectivity index (χ0n) is 15.9. The van der Waals surface area contributed by atoms with Gasteiger partial charge in [0.15, 0.2) is 0 Å². The minimum atomic E-state index is -0.985. The van der Waals surface area contributed by atoms with Crippen molar-refractivity contribution in [2.75, 3.05) is 16.8 Å². The van der Waals surface area contributed by atoms with Gasteiger partial charge in [-0.15, -0.1) is 0 Å². The van der Waals surface area contributed by atoms with Crippen LogP contribution < -0.4 is 10.2 Å². The van der Waals surface area contributed by atoms with Gasteiger partial charge in [-0.2, -0.15) is 0 Å². The van der Waals surface area contributed by atoms with Crippen LogP contribution in [0.2, 0.25) is 0 Å². The highest BCUT2D eigenvalue weighted by Gasteiger charge is 2.38. The molecule has 0 spiro atoms. The number of nitrogens with one attached hydrogen (secondary N) is 1. The quantitative estimate of drug-likeness (QED) is 0.840. The maximum absolute atomic E-state index is 12.2. The second-order valence-electron chi connectivity index (χ2n) is 7.10. The summed E-state index contributed by atoms with van der Waals surface area (Å²) in [5.74, 6) is -0.0688. The molecule has 26 heavy (non-hydrogen) atoms. The fraction of sp³-hybridized carbons (Fsp3) is 0.526. The summed E-state index contributed by atoms with van der Waals surface area (Å²) < 4.78 is 0. The number of anilines is 2. The highest BCUT2D eigenvalue weighted by molar-refractivity contribution is 5.94. The monoisotopic (exact) mass is 361 g/mol. The number of benzene rings is 1. The van der Waals surface area contributed by atoms with Gasteiger partial charge in [0.25, 0.3) is 0 Å². The highest BCUT2D eigenvalue weighted by atomic mass is 16.4. The maximum Gasteiger partial charge on any atom is 0.408 e. The molecular weight excluding hydrogens is 334 g/mol. The molecule has 0 fully saturated rings. The van der Waals surface area contributed by atoms with Crippen LogP contribution in [0.1, 0.15) is 52.6 Å². The number of amides is 2. The third-order valence-corrected chi connectivity index (χ3v) is 4.64. The van der Waals surface area contributed by atoms with E-state index in [-0.39, 0.29) is 36.4 Å². The first-order chi connectivity index (χ1) is 12.1. The second-order valence-corrected chi connectivity index (χ2v) is 7.10. The van der Waals surface area contributed by atoms with Gasteiger partial charge in [-0.1, -0.05) is 0 Å². The van der Waals surface area contributed by atoms with Crippen LogP contribution in [0.25, 0.3) is 0 Å². The molecule has 1 aliphatic rings. The fourth-order valence-corrected chi connectivity index (χ4v) is 3.63. The lowest BCUT2D eigenvalue weighted by Crippen LogP contribution is -2.48. The van der Waals surface area contributed by atoms with Crippen LogP contribution in [0.15, 0.2) is 18.2 Å². The summed E-state index contributed by atoms with van der Waals surface area (Å²) in [5, 5.41) is 12.8. The Bertz CT molecular complexity index is 717. The second kappa shape index (κ2) is 7.76. The molecule has 2 rings (SSSR count). The number of hydrogen-bond acceptors (Lipinski definition) is 4. The standard InChI is InChI=1S/C19H27N3O4/c1-11(2)21(19(25)26)18-8-12(3)22(14(5)24)17-7-6-15(9-16(17)18)20-10-13(4)23/h6-7,9,11-12,18,20H,8,10H2,1-5H3,(H,25,26)/t12-,18+/m0/s1. The minimum Gasteiger partial charge on any atom is -0.465 e. The normalized spacial score (nSPS) is 19.1. The first-order valence-electron chi connectivity index (χ1n) is 8.81. The van der Waals surface area contributed by atoms with E-state index < -0.39 is 6.09 Å². The van der Waals surface area contributed by atoms with E-state index >= 15 is 0 Å². The molecule has 0 aliphatic carbocycles. The van der Waals surface area contributed by atoms with E-state index in [4.69, 9.17) is 0 Å². The number of carbonyl (C=O) groups is 3. The average molecular weight is 361 g/mol. The number of carbonyl (C=O) groups excluding carboxylic acids is 2. The number of carboxylic acid groups (broad SMARTS) is 1. The number of ketones is 1. The smallest absolute Gasteiger partial charge is 0.408 e. The summed E-state index contributed by atoms with van der Waals surface area (Å²) >= 11 is 0. The molecule has 2 atom stereocenters. The predicted molar refractivity (Wildman–Crippen MR) is 101 cm³/mol. The average Bonchev–Trinajstić information content (AvgIpc) is 2.51. The summed E-state index contributed by atoms with van der Waals surface area (Å²) in [7, 11) is 0. The Morgan fingerprint density at radius 2 is 1.96 bits per heavy atom. The third-order valence-electron chi connectivity index (χ3n) is 4.64. The summed E-state index contributed by atoms with van der Waals surface area (Å²) in [5.41, 5.74) is 2.24. The molecule has 0 saturated carbocycles. The molecule has 7 nitrogen and oxygen atoms in total. The van der Waals surface area contributed by atoms with Gasteiger partial charge in [0, 0.05) is 35.9 Å². The Balaban J connectivity index is 2.54. The van der Waals surface area contributed by atoms with E-state index in [0.717, 1.165) is 16.9 Å². The van der Waals surface area contributed by atoms with Crippen molar-refractivity contribution < 1.29 is 19.5 Å². The fourth-order valence-electron chi connectivity index (χ4n) is 3.63. The number of fused-ring (bicyclic) bond motifs is 1. The van der Waals surface area contributed by atoms with Gasteiger partial charge in [0.1, 0.15) is 5.78 Å². The van der Waals surface area contributed by atoms with Crippen molar-refractivity contribution in [1.82, 2.24) is 4.90 Å². The number of Topliss-reactive ketones (excluding diaryl/α,β-unsaturated/α-hetero) is 1. The van der Waals surface area contributed by atoms with E-state index in [9.17, 15) is 19.5 Å². The van der Waals surface area contributed by atoms with Crippen LogP contribution >= 0.6 is 0 Å². The van der Waals surface area contributed by atoms with Gasteiger partial charge in [0.2, 0.25) is 5.91 Å². The van der Waals surface area contributed by atoms with Crippen LogP contribution in [0.4, 0.5) is 16.2 Å². The highest BCUT2D eigenvalue weighted by Crippen LogP contribution is 2.42. The zero-order chi connectivity index (χ0) is 19.6. The first kappa shape index (κ1) is 19.8. The molecule has 0 aromatic heterocycles. The van der Waals surface area contributed by atoms with E-state index in [1.807, 2.05) is 39.0 Å². The Morgan fingerprint density at radius 1 is 1.31 bits per heavy atom. The van der Waals surface area contributed by atoms with Crippen molar-refractivity contribution >= 4 is 29.2 Å². The maximum atomic E-state index is 12.2. The van der Waals surface area contributed by atoms with Crippen molar-refractivity contribution in [2.45, 2.75) is 59.2 Å². The number of nitrogens with zero attached hydrogens (tertiary/aromatic N) is 2. The Hall–Kier alpha value is -2.57. The van der Waals surface area contributed by atoms with Gasteiger partial charge < -0.3 is 15.3 Å². The van der Waals surface area contributed by atoms with E-state index in [1.54, 1.807) is 4.90 Å². The van der Waals surface area contributed by atoms with Crippen molar-refractivity contribution in [3.63, 3.8) is 0 Å². The Morgan fingerprint density at radius 3 is 2.46 bits per heavy atom. The van der Waals surface area contributed by atoms with Gasteiger partial charge in [0.05, 0.1) is 12.6 Å². The molecule has 1 aliphatic heterocycles. The van der Waals surface area contributed by atoms with Crippen LogP contribution in [0.5, 0.6) is 0 Å². The summed E-state index contributed by atoms with van der Waals surface area (Å²) in [6.45, 7) is 8.82. The predicted octanol–water partition coefficient (Wildman–Crippen LogP) is 3.26. The lowest BCUT2D eigenvalue weighted by Gasteiger charge is -2.43. The van der Waals surface area contributed by atoms with Gasteiger partial charge in [-0.25, -0.2) is 4.79 Å². The largest absolute Gasteiger partial charge is 0.465 e. The van der Waals surface area contributed by atoms with Crippen LogP contribution in [0, 0.1) is 0 Å². The van der Waals surface area contributed by atoms with Crippen molar-refractivity contribution in [3.8, 4) is 0 Å². The van der Waals surface area contributed by atoms with E-state index in [0.29, 0.717) is 6.42 Å². The van der Waals surface area contributed by atoms with Crippen LogP contribution in [-0.2, 0) is 9.59 Å². The molecule has 1 heterocycles. The van der Waals surface area contributed by atoms with E-state index in [1.165, 1.54) is 18.7 Å². The molecule has 0 bridgehead atoms. The number of hydrogen-bond donors (Lipinski definition) is 2. The molecule has 1 aromatic rings. The topological polar surface area (TPSA) is 89.9 Å². The van der Waals surface area contributed by atoms with E-state index in [2.05, 4.69) is 5.32 Å². The molecule has 2 amide bonds. The van der Waals surface area contributed by atoms with Gasteiger partial charge in [-0.3, -0.25) is 14.5 Å². The lowest BCUT2D eigenvalue weighted by atomic mass is 9.89. The summed E-state index contributed by atoms with van der Waals surface area (Å²) in [6.07, 6.45) is -0.464. The molecule has 2 N–H and O–H groups in total. The molecular formula is C19H27N3O4. The molecule has 142 valence electrons. The molecule has 7 heteroatoms. The minimum absolute atomic E-state index is 0.00704. The van der Waals surface area contributed by atoms with Gasteiger partial charge >= 0.3 is 6.09 Å². The van der Waals surface area contributed by atoms with Gasteiger partial charge in [-0.05, 0) is 52.3 Å². The SMILES string of the molecule is CC(=O)CNc1ccc2c(c1)[C@H](N(C(=O)O)C(C)C)C[C@H](C)N2C(C)=O. The molecule has 0 saturated heterocycles. The van der Waals surface area contributed by atoms with Crippen molar-refractivity contribution in [1.29, 1.82) is 0 Å². The Labute approximate surface area is 154 Å². The molecule has 0 unspecified atom stereocenters. The summed E-state index contributed by atoms with van der Waals surface area (Å²) in [4.78, 5) is 38.4. The lowest BCUT2D eigenvalue weighted by molar-refractivity contribution is -0.117. The van der Waals surface area contributed by atoms with Crippen molar-refractivity contribution in [3.05, 3.63) is 23.8 Å². The van der Waals surface area contributed by atoms with Crippen LogP contribution in [0.3, 0.4) is 0 Å². The zero-order valence-corrected chi connectivity index (χ0v) is 15.9. The third kappa shape index (κ3) is 3.98. The van der Waals surface area contributed by atoms with Crippen LogP contribution in [-0.4, -0.2) is 46.4 Å². The number of rotatable bonds is 5. The first-order valence-corrected chi connectivity index (χ1v) is 8.81. The summed E-state index contributed by atoms with van der Waals surface area (Å²) in [6, 6.07) is 4.82.